The second-order valence-electron chi connectivity index (χ2n) is 5.41. The van der Waals surface area contributed by atoms with Gasteiger partial charge in [-0.15, -0.1) is 0 Å². The lowest BCUT2D eigenvalue weighted by molar-refractivity contribution is 0.567. The SMILES string of the molecule is CC(C)(C)c1cc(NS(=O)(=O)NC2CC2)n[nH]1. The first-order valence-corrected chi connectivity index (χ1v) is 7.10. The van der Waals surface area contributed by atoms with Gasteiger partial charge in [0.2, 0.25) is 0 Å². The second-order valence-corrected chi connectivity index (χ2v) is 6.86. The summed E-state index contributed by atoms with van der Waals surface area (Å²) in [7, 11) is -3.49. The van der Waals surface area contributed by atoms with Crippen molar-refractivity contribution in [2.45, 2.75) is 45.1 Å². The zero-order valence-electron chi connectivity index (χ0n) is 10.2. The third-order valence-corrected chi connectivity index (χ3v) is 3.65. The second kappa shape index (κ2) is 3.99. The van der Waals surface area contributed by atoms with E-state index in [9.17, 15) is 8.42 Å². The van der Waals surface area contributed by atoms with Crippen LogP contribution in [0.2, 0.25) is 0 Å². The van der Waals surface area contributed by atoms with Gasteiger partial charge in [0, 0.05) is 23.2 Å². The van der Waals surface area contributed by atoms with Crippen LogP contribution in [0.5, 0.6) is 0 Å². The topological polar surface area (TPSA) is 86.9 Å². The van der Waals surface area contributed by atoms with Crippen LogP contribution in [0.4, 0.5) is 5.82 Å². The van der Waals surface area contributed by atoms with Crippen molar-refractivity contribution in [2.24, 2.45) is 0 Å². The third-order valence-electron chi connectivity index (χ3n) is 2.52. The number of hydrogen-bond acceptors (Lipinski definition) is 3. The van der Waals surface area contributed by atoms with Crippen LogP contribution in [-0.2, 0) is 15.6 Å². The minimum absolute atomic E-state index is 0.0827. The molecular weight excluding hydrogens is 240 g/mol. The molecule has 2 rings (SSSR count). The highest BCUT2D eigenvalue weighted by Crippen LogP contribution is 2.23. The molecule has 0 amide bonds. The first-order chi connectivity index (χ1) is 7.76. The Kier molecular flexibility index (Phi) is 2.90. The van der Waals surface area contributed by atoms with E-state index in [2.05, 4.69) is 19.6 Å². The van der Waals surface area contributed by atoms with Crippen molar-refractivity contribution in [3.05, 3.63) is 11.8 Å². The Bertz CT molecular complexity index is 497. The zero-order chi connectivity index (χ0) is 12.7. The lowest BCUT2D eigenvalue weighted by atomic mass is 9.92. The van der Waals surface area contributed by atoms with Crippen LogP contribution in [0.15, 0.2) is 6.07 Å². The average Bonchev–Trinajstić information content (AvgIpc) is 2.78. The van der Waals surface area contributed by atoms with E-state index in [4.69, 9.17) is 0 Å². The number of rotatable bonds is 4. The lowest BCUT2D eigenvalue weighted by Gasteiger charge is -2.14. The van der Waals surface area contributed by atoms with Gasteiger partial charge in [0.1, 0.15) is 0 Å². The molecule has 0 saturated heterocycles. The molecule has 0 aliphatic heterocycles. The number of anilines is 1. The smallest absolute Gasteiger partial charge is 0.280 e. The van der Waals surface area contributed by atoms with Crippen LogP contribution >= 0.6 is 0 Å². The van der Waals surface area contributed by atoms with Gasteiger partial charge in [0.15, 0.2) is 5.82 Å². The third kappa shape index (κ3) is 3.44. The number of nitrogens with one attached hydrogen (secondary N) is 3. The Morgan fingerprint density at radius 1 is 1.41 bits per heavy atom. The van der Waals surface area contributed by atoms with Crippen LogP contribution in [0.25, 0.3) is 0 Å². The molecule has 1 aromatic rings. The Hall–Kier alpha value is -1.08. The van der Waals surface area contributed by atoms with Crippen molar-refractivity contribution in [1.82, 2.24) is 14.9 Å². The van der Waals surface area contributed by atoms with E-state index in [-0.39, 0.29) is 11.5 Å². The van der Waals surface area contributed by atoms with E-state index >= 15 is 0 Å². The van der Waals surface area contributed by atoms with Gasteiger partial charge in [-0.25, -0.2) is 0 Å². The van der Waals surface area contributed by atoms with Crippen molar-refractivity contribution in [3.8, 4) is 0 Å². The average molecular weight is 258 g/mol. The van der Waals surface area contributed by atoms with Gasteiger partial charge in [0.05, 0.1) is 0 Å². The lowest BCUT2D eigenvalue weighted by Crippen LogP contribution is -2.31. The molecule has 0 bridgehead atoms. The van der Waals surface area contributed by atoms with Gasteiger partial charge in [-0.3, -0.25) is 9.82 Å². The molecule has 17 heavy (non-hydrogen) atoms. The number of aromatic amines is 1. The summed E-state index contributed by atoms with van der Waals surface area (Å²) in [5, 5.41) is 6.77. The molecule has 0 atom stereocenters. The van der Waals surface area contributed by atoms with E-state index in [0.29, 0.717) is 5.82 Å². The molecule has 0 radical (unpaired) electrons. The van der Waals surface area contributed by atoms with Crippen LogP contribution < -0.4 is 9.44 Å². The van der Waals surface area contributed by atoms with Crippen LogP contribution in [-0.4, -0.2) is 24.7 Å². The molecule has 0 aromatic carbocycles. The summed E-state index contributed by atoms with van der Waals surface area (Å²) in [6.07, 6.45) is 1.82. The van der Waals surface area contributed by atoms with Crippen molar-refractivity contribution in [2.75, 3.05) is 4.72 Å². The predicted molar refractivity (Wildman–Crippen MR) is 66.0 cm³/mol. The first kappa shape index (κ1) is 12.4. The van der Waals surface area contributed by atoms with Crippen molar-refractivity contribution >= 4 is 16.0 Å². The zero-order valence-corrected chi connectivity index (χ0v) is 11.1. The Morgan fingerprint density at radius 2 is 2.06 bits per heavy atom. The van der Waals surface area contributed by atoms with E-state index in [1.165, 1.54) is 0 Å². The molecule has 1 aromatic heterocycles. The standard InChI is InChI=1S/C10H18N4O2S/c1-10(2,3)8-6-9(12-11-8)14-17(15,16)13-7-4-5-7/h6-7,13H,4-5H2,1-3H3,(H2,11,12,14). The Labute approximate surface area is 101 Å². The highest BCUT2D eigenvalue weighted by molar-refractivity contribution is 7.90. The molecule has 0 unspecified atom stereocenters. The molecule has 0 spiro atoms. The van der Waals surface area contributed by atoms with Gasteiger partial charge in [-0.05, 0) is 12.8 Å². The molecule has 7 heteroatoms. The molecular formula is C10H18N4O2S. The Morgan fingerprint density at radius 3 is 2.53 bits per heavy atom. The summed E-state index contributed by atoms with van der Waals surface area (Å²) in [6, 6.07) is 1.81. The van der Waals surface area contributed by atoms with E-state index in [1.54, 1.807) is 6.07 Å². The highest BCUT2D eigenvalue weighted by Gasteiger charge is 2.27. The number of nitrogens with zero attached hydrogens (tertiary/aromatic N) is 1. The van der Waals surface area contributed by atoms with E-state index in [1.807, 2.05) is 20.8 Å². The molecule has 1 aliphatic rings. The summed E-state index contributed by atoms with van der Waals surface area (Å²) in [5.41, 5.74) is 0.808. The highest BCUT2D eigenvalue weighted by atomic mass is 32.2. The van der Waals surface area contributed by atoms with Gasteiger partial charge in [-0.1, -0.05) is 20.8 Å². The summed E-state index contributed by atoms with van der Waals surface area (Å²) in [4.78, 5) is 0. The van der Waals surface area contributed by atoms with Crippen molar-refractivity contribution < 1.29 is 8.42 Å². The summed E-state index contributed by atoms with van der Waals surface area (Å²) < 4.78 is 28.2. The Balaban J connectivity index is 2.05. The van der Waals surface area contributed by atoms with Crippen LogP contribution in [0, 0.1) is 0 Å². The van der Waals surface area contributed by atoms with E-state index in [0.717, 1.165) is 18.5 Å². The molecule has 1 aliphatic carbocycles. The number of aromatic nitrogens is 2. The molecule has 96 valence electrons. The molecule has 1 saturated carbocycles. The maximum Gasteiger partial charge on any atom is 0.300 e. The summed E-state index contributed by atoms with van der Waals surface area (Å²) in [5.74, 6) is 0.322. The normalized spacial score (nSPS) is 17.1. The minimum Gasteiger partial charge on any atom is -0.280 e. The predicted octanol–water partition coefficient (Wildman–Crippen LogP) is 1.12. The first-order valence-electron chi connectivity index (χ1n) is 5.62. The molecule has 6 nitrogen and oxygen atoms in total. The maximum atomic E-state index is 11.6. The minimum atomic E-state index is -3.49. The summed E-state index contributed by atoms with van der Waals surface area (Å²) >= 11 is 0. The van der Waals surface area contributed by atoms with Gasteiger partial charge in [-0.2, -0.15) is 18.2 Å². The largest absolute Gasteiger partial charge is 0.300 e. The van der Waals surface area contributed by atoms with Crippen molar-refractivity contribution in [3.63, 3.8) is 0 Å². The monoisotopic (exact) mass is 258 g/mol. The number of hydrogen-bond donors (Lipinski definition) is 3. The van der Waals surface area contributed by atoms with Crippen LogP contribution in [0.1, 0.15) is 39.3 Å². The van der Waals surface area contributed by atoms with Gasteiger partial charge >= 0.3 is 10.2 Å². The fraction of sp³-hybridized carbons (Fsp3) is 0.700. The van der Waals surface area contributed by atoms with E-state index < -0.39 is 10.2 Å². The number of H-pyrrole nitrogens is 1. The molecule has 3 N–H and O–H groups in total. The fourth-order valence-electron chi connectivity index (χ4n) is 1.35. The summed E-state index contributed by atoms with van der Waals surface area (Å²) in [6.45, 7) is 6.09. The van der Waals surface area contributed by atoms with Gasteiger partial charge < -0.3 is 0 Å². The maximum absolute atomic E-state index is 11.6. The van der Waals surface area contributed by atoms with Crippen molar-refractivity contribution in [1.29, 1.82) is 0 Å². The van der Waals surface area contributed by atoms with Crippen LogP contribution in [0.3, 0.4) is 0 Å². The molecule has 1 heterocycles. The van der Waals surface area contributed by atoms with Gasteiger partial charge in [0.25, 0.3) is 0 Å². The molecule has 1 fully saturated rings. The fourth-order valence-corrected chi connectivity index (χ4v) is 2.46. The quantitative estimate of drug-likeness (QED) is 0.756.